The Balaban J connectivity index is 1.48. The van der Waals surface area contributed by atoms with Crippen LogP contribution in [-0.4, -0.2) is 86.7 Å². The molecule has 1 aromatic rings. The number of methoxy groups -OCH3 is 1. The van der Waals surface area contributed by atoms with E-state index in [1.165, 1.54) is 0 Å². The Morgan fingerprint density at radius 1 is 1.28 bits per heavy atom. The molecule has 0 aliphatic carbocycles. The minimum Gasteiger partial charge on any atom is -0.496 e. The molecular formula is C19H29N3O3. The number of hydrogen-bond donors (Lipinski definition) is 0. The number of carbonyl (C=O) groups excluding carboxylic acids is 1. The summed E-state index contributed by atoms with van der Waals surface area (Å²) in [5.41, 5.74) is 1.04. The van der Waals surface area contributed by atoms with Crippen LogP contribution in [0, 0.1) is 0 Å². The fourth-order valence-corrected chi connectivity index (χ4v) is 3.69. The van der Waals surface area contributed by atoms with Crippen molar-refractivity contribution in [2.24, 2.45) is 0 Å². The number of amides is 1. The number of para-hydroxylation sites is 1. The normalized spacial score (nSPS) is 22.1. The zero-order chi connectivity index (χ0) is 17.6. The fraction of sp³-hybridized carbons (Fsp3) is 0.632. The third-order valence-corrected chi connectivity index (χ3v) is 5.19. The lowest BCUT2D eigenvalue weighted by molar-refractivity contribution is -0.131. The van der Waals surface area contributed by atoms with Crippen molar-refractivity contribution < 1.29 is 14.3 Å². The smallest absolute Gasteiger partial charge is 0.236 e. The van der Waals surface area contributed by atoms with Crippen molar-refractivity contribution in [2.75, 3.05) is 60.1 Å². The Morgan fingerprint density at radius 2 is 2.04 bits per heavy atom. The third-order valence-electron chi connectivity index (χ3n) is 5.19. The van der Waals surface area contributed by atoms with Crippen molar-refractivity contribution in [1.29, 1.82) is 0 Å². The summed E-state index contributed by atoms with van der Waals surface area (Å²) in [4.78, 5) is 19.2. The van der Waals surface area contributed by atoms with Crippen LogP contribution in [0.2, 0.25) is 0 Å². The maximum Gasteiger partial charge on any atom is 0.236 e. The molecule has 0 spiro atoms. The quantitative estimate of drug-likeness (QED) is 0.770. The average Bonchev–Trinajstić information content (AvgIpc) is 3.11. The van der Waals surface area contributed by atoms with E-state index in [1.807, 2.05) is 31.3 Å². The van der Waals surface area contributed by atoms with Gasteiger partial charge in [0.25, 0.3) is 0 Å². The van der Waals surface area contributed by atoms with E-state index in [4.69, 9.17) is 9.47 Å². The maximum absolute atomic E-state index is 12.6. The lowest BCUT2D eigenvalue weighted by Crippen LogP contribution is -2.45. The highest BCUT2D eigenvalue weighted by molar-refractivity contribution is 5.78. The van der Waals surface area contributed by atoms with Crippen LogP contribution in [0.4, 0.5) is 0 Å². The first-order valence-corrected chi connectivity index (χ1v) is 9.07. The van der Waals surface area contributed by atoms with E-state index in [-0.39, 0.29) is 5.91 Å². The van der Waals surface area contributed by atoms with E-state index < -0.39 is 0 Å². The van der Waals surface area contributed by atoms with Gasteiger partial charge in [0.2, 0.25) is 5.91 Å². The van der Waals surface area contributed by atoms with Crippen molar-refractivity contribution >= 4 is 5.91 Å². The molecule has 0 saturated carbocycles. The summed E-state index contributed by atoms with van der Waals surface area (Å²) in [6, 6.07) is 8.42. The van der Waals surface area contributed by atoms with Crippen LogP contribution in [0.15, 0.2) is 24.3 Å². The molecule has 6 nitrogen and oxygen atoms in total. The van der Waals surface area contributed by atoms with Gasteiger partial charge in [0.1, 0.15) is 5.75 Å². The average molecular weight is 347 g/mol. The third kappa shape index (κ3) is 4.71. The minimum atomic E-state index is 0.161. The van der Waals surface area contributed by atoms with Gasteiger partial charge in [-0.25, -0.2) is 0 Å². The van der Waals surface area contributed by atoms with Gasteiger partial charge in [-0.2, -0.15) is 0 Å². The Kier molecular flexibility index (Phi) is 6.29. The molecule has 25 heavy (non-hydrogen) atoms. The summed E-state index contributed by atoms with van der Waals surface area (Å²) < 4.78 is 10.8. The molecule has 1 amide bonds. The second-order valence-corrected chi connectivity index (χ2v) is 6.89. The first-order chi connectivity index (χ1) is 12.2. The molecule has 2 saturated heterocycles. The number of hydrogen-bond acceptors (Lipinski definition) is 5. The van der Waals surface area contributed by atoms with Crippen LogP contribution in [-0.2, 0) is 16.1 Å². The van der Waals surface area contributed by atoms with Crippen molar-refractivity contribution in [3.05, 3.63) is 29.8 Å². The number of likely N-dealkylation sites (N-methyl/N-ethyl adjacent to an activating group) is 1. The summed E-state index contributed by atoms with van der Waals surface area (Å²) in [5, 5.41) is 0. The van der Waals surface area contributed by atoms with Gasteiger partial charge in [-0.15, -0.1) is 0 Å². The summed E-state index contributed by atoms with van der Waals surface area (Å²) >= 11 is 0. The topological polar surface area (TPSA) is 45.2 Å². The summed E-state index contributed by atoms with van der Waals surface area (Å²) in [6.45, 7) is 6.73. The van der Waals surface area contributed by atoms with Gasteiger partial charge in [0.05, 0.1) is 26.9 Å². The fourth-order valence-electron chi connectivity index (χ4n) is 3.69. The van der Waals surface area contributed by atoms with Crippen molar-refractivity contribution in [3.8, 4) is 5.75 Å². The van der Waals surface area contributed by atoms with Crippen LogP contribution < -0.4 is 4.74 Å². The Bertz CT molecular complexity index is 575. The number of nitrogens with zero attached hydrogens (tertiary/aromatic N) is 3. The maximum atomic E-state index is 12.6. The number of benzene rings is 1. The first kappa shape index (κ1) is 18.2. The van der Waals surface area contributed by atoms with Gasteiger partial charge in [0, 0.05) is 51.4 Å². The standard InChI is InChI=1S/C19H29N3O3/c1-20(13-16-5-3-4-6-18(16)24-2)19(23)15-21-8-7-17(14-21)22-9-11-25-12-10-22/h3-6,17H,7-15H2,1-2H3. The molecule has 6 heteroatoms. The van der Waals surface area contributed by atoms with Crippen LogP contribution in [0.3, 0.4) is 0 Å². The van der Waals surface area contributed by atoms with Crippen molar-refractivity contribution in [1.82, 2.24) is 14.7 Å². The molecule has 2 heterocycles. The molecule has 2 aliphatic rings. The van der Waals surface area contributed by atoms with Crippen LogP contribution in [0.1, 0.15) is 12.0 Å². The predicted octanol–water partition coefficient (Wildman–Crippen LogP) is 1.06. The Hall–Kier alpha value is -1.63. The largest absolute Gasteiger partial charge is 0.496 e. The Labute approximate surface area is 150 Å². The second kappa shape index (κ2) is 8.65. The van der Waals surface area contributed by atoms with E-state index >= 15 is 0 Å². The Morgan fingerprint density at radius 3 is 2.80 bits per heavy atom. The summed E-state index contributed by atoms with van der Waals surface area (Å²) in [6.07, 6.45) is 1.14. The van der Waals surface area contributed by atoms with Gasteiger partial charge >= 0.3 is 0 Å². The minimum absolute atomic E-state index is 0.161. The molecular weight excluding hydrogens is 318 g/mol. The van der Waals surface area contributed by atoms with Crippen LogP contribution >= 0.6 is 0 Å². The van der Waals surface area contributed by atoms with E-state index in [2.05, 4.69) is 9.80 Å². The van der Waals surface area contributed by atoms with Gasteiger partial charge in [0.15, 0.2) is 0 Å². The number of rotatable bonds is 6. The zero-order valence-electron chi connectivity index (χ0n) is 15.3. The molecule has 0 N–H and O–H groups in total. The predicted molar refractivity (Wildman–Crippen MR) is 96.7 cm³/mol. The van der Waals surface area contributed by atoms with Crippen LogP contribution in [0.5, 0.6) is 5.75 Å². The van der Waals surface area contributed by atoms with E-state index in [1.54, 1.807) is 12.0 Å². The first-order valence-electron chi connectivity index (χ1n) is 9.07. The van der Waals surface area contributed by atoms with E-state index in [0.717, 1.165) is 57.1 Å². The molecule has 2 fully saturated rings. The molecule has 1 aromatic carbocycles. The molecule has 1 atom stereocenters. The van der Waals surface area contributed by atoms with Gasteiger partial charge < -0.3 is 14.4 Å². The SMILES string of the molecule is COc1ccccc1CN(C)C(=O)CN1CCC(N2CCOCC2)C1. The molecule has 3 rings (SSSR count). The lowest BCUT2D eigenvalue weighted by Gasteiger charge is -2.32. The van der Waals surface area contributed by atoms with Gasteiger partial charge in [-0.1, -0.05) is 18.2 Å². The number of likely N-dealkylation sites (tertiary alicyclic amines) is 1. The van der Waals surface area contributed by atoms with Crippen molar-refractivity contribution in [2.45, 2.75) is 19.0 Å². The molecule has 1 unspecified atom stereocenters. The number of carbonyl (C=O) groups is 1. The molecule has 0 aromatic heterocycles. The molecule has 2 aliphatic heterocycles. The highest BCUT2D eigenvalue weighted by atomic mass is 16.5. The lowest BCUT2D eigenvalue weighted by atomic mass is 10.2. The zero-order valence-corrected chi connectivity index (χ0v) is 15.3. The monoisotopic (exact) mass is 347 g/mol. The summed E-state index contributed by atoms with van der Waals surface area (Å²) in [5.74, 6) is 0.990. The summed E-state index contributed by atoms with van der Waals surface area (Å²) in [7, 11) is 3.53. The van der Waals surface area contributed by atoms with Gasteiger partial charge in [-0.05, 0) is 12.5 Å². The molecule has 138 valence electrons. The van der Waals surface area contributed by atoms with Gasteiger partial charge in [-0.3, -0.25) is 14.6 Å². The molecule has 0 radical (unpaired) electrons. The van der Waals surface area contributed by atoms with Crippen molar-refractivity contribution in [3.63, 3.8) is 0 Å². The van der Waals surface area contributed by atoms with E-state index in [0.29, 0.717) is 19.1 Å². The van der Waals surface area contributed by atoms with Crippen LogP contribution in [0.25, 0.3) is 0 Å². The highest BCUT2D eigenvalue weighted by Gasteiger charge is 2.30. The van der Waals surface area contributed by atoms with E-state index in [9.17, 15) is 4.79 Å². The molecule has 0 bridgehead atoms. The second-order valence-electron chi connectivity index (χ2n) is 6.89. The number of morpholine rings is 1. The number of ether oxygens (including phenoxy) is 2. The highest BCUT2D eigenvalue weighted by Crippen LogP contribution is 2.20.